The smallest absolute Gasteiger partial charge is 0.325 e. The van der Waals surface area contributed by atoms with Gasteiger partial charge in [-0.05, 0) is 24.1 Å². The molecule has 0 bridgehead atoms. The average Bonchev–Trinajstić information content (AvgIpc) is 2.63. The van der Waals surface area contributed by atoms with E-state index in [9.17, 15) is 9.90 Å². The van der Waals surface area contributed by atoms with Crippen LogP contribution in [0.15, 0.2) is 36.8 Å². The second-order valence-corrected chi connectivity index (χ2v) is 6.06. The number of methoxy groups -OCH3 is 1. The minimum Gasteiger partial charge on any atom is -0.496 e. The lowest BCUT2D eigenvalue weighted by atomic mass is 10.0. The molecule has 0 spiro atoms. The lowest BCUT2D eigenvalue weighted by molar-refractivity contribution is -0.143. The molecule has 1 aromatic carbocycles. The second kappa shape index (κ2) is 7.48. The summed E-state index contributed by atoms with van der Waals surface area (Å²) < 4.78 is 5.27. The highest BCUT2D eigenvalue weighted by atomic mass is 16.5. The number of carboxylic acid groups (broad SMARTS) is 1. The van der Waals surface area contributed by atoms with E-state index < -0.39 is 12.0 Å². The SMILES string of the molecule is COc1ccc(C(C(=O)O)N2CCN(c3cnccn3)CC2)cc1C. The van der Waals surface area contributed by atoms with Crippen molar-refractivity contribution < 1.29 is 14.6 Å². The van der Waals surface area contributed by atoms with Crippen LogP contribution in [0.4, 0.5) is 5.82 Å². The van der Waals surface area contributed by atoms with Gasteiger partial charge in [0.25, 0.3) is 0 Å². The minimum atomic E-state index is -0.836. The van der Waals surface area contributed by atoms with E-state index in [1.54, 1.807) is 25.7 Å². The molecule has 2 heterocycles. The third-order valence-corrected chi connectivity index (χ3v) is 4.52. The van der Waals surface area contributed by atoms with Crippen molar-refractivity contribution in [2.45, 2.75) is 13.0 Å². The summed E-state index contributed by atoms with van der Waals surface area (Å²) in [5, 5.41) is 9.77. The van der Waals surface area contributed by atoms with Gasteiger partial charge in [0.1, 0.15) is 17.6 Å². The molecule has 132 valence electrons. The number of piperazine rings is 1. The van der Waals surface area contributed by atoms with Gasteiger partial charge in [-0.1, -0.05) is 12.1 Å². The summed E-state index contributed by atoms with van der Waals surface area (Å²) in [7, 11) is 1.61. The van der Waals surface area contributed by atoms with Crippen LogP contribution in [-0.4, -0.2) is 59.2 Å². The Labute approximate surface area is 146 Å². The molecule has 1 unspecified atom stereocenters. The fraction of sp³-hybridized carbons (Fsp3) is 0.389. The van der Waals surface area contributed by atoms with Gasteiger partial charge in [0, 0.05) is 38.6 Å². The first kappa shape index (κ1) is 17.2. The van der Waals surface area contributed by atoms with E-state index in [0.29, 0.717) is 13.1 Å². The van der Waals surface area contributed by atoms with Crippen molar-refractivity contribution in [3.8, 4) is 5.75 Å². The number of aryl methyl sites for hydroxylation is 1. The Morgan fingerprint density at radius 3 is 2.56 bits per heavy atom. The lowest BCUT2D eigenvalue weighted by Gasteiger charge is -2.38. The summed E-state index contributed by atoms with van der Waals surface area (Å²) in [5.74, 6) is 0.757. The molecule has 0 amide bonds. The highest BCUT2D eigenvalue weighted by Gasteiger charge is 2.31. The standard InChI is InChI=1S/C18H22N4O3/c1-13-11-14(3-4-15(13)25-2)17(18(23)24)22-9-7-21(8-10-22)16-12-19-5-6-20-16/h3-6,11-12,17H,7-10H2,1-2H3,(H,23,24). The Hall–Kier alpha value is -2.67. The number of ether oxygens (including phenoxy) is 1. The average molecular weight is 342 g/mol. The molecule has 1 aromatic heterocycles. The fourth-order valence-electron chi connectivity index (χ4n) is 3.25. The van der Waals surface area contributed by atoms with Crippen molar-refractivity contribution in [3.05, 3.63) is 47.9 Å². The van der Waals surface area contributed by atoms with Crippen molar-refractivity contribution in [2.75, 3.05) is 38.2 Å². The van der Waals surface area contributed by atoms with Crippen LogP contribution in [0.1, 0.15) is 17.2 Å². The van der Waals surface area contributed by atoms with Gasteiger partial charge >= 0.3 is 5.97 Å². The number of benzene rings is 1. The van der Waals surface area contributed by atoms with Crippen molar-refractivity contribution in [1.82, 2.24) is 14.9 Å². The molecule has 1 atom stereocenters. The maximum absolute atomic E-state index is 11.9. The van der Waals surface area contributed by atoms with Crippen LogP contribution in [-0.2, 0) is 4.79 Å². The van der Waals surface area contributed by atoms with Gasteiger partial charge in [-0.2, -0.15) is 0 Å². The van der Waals surface area contributed by atoms with Gasteiger partial charge < -0.3 is 14.7 Å². The molecule has 1 N–H and O–H groups in total. The van der Waals surface area contributed by atoms with E-state index >= 15 is 0 Å². The van der Waals surface area contributed by atoms with Crippen molar-refractivity contribution >= 4 is 11.8 Å². The van der Waals surface area contributed by atoms with Gasteiger partial charge in [-0.3, -0.25) is 14.7 Å². The van der Waals surface area contributed by atoms with Crippen LogP contribution in [0.5, 0.6) is 5.75 Å². The topological polar surface area (TPSA) is 78.8 Å². The second-order valence-electron chi connectivity index (χ2n) is 6.06. The predicted octanol–water partition coefficient (Wildman–Crippen LogP) is 1.74. The molecule has 3 rings (SSSR count). The number of carbonyl (C=O) groups is 1. The lowest BCUT2D eigenvalue weighted by Crippen LogP contribution is -2.49. The largest absolute Gasteiger partial charge is 0.496 e. The molecular formula is C18H22N4O3. The molecule has 0 aliphatic carbocycles. The van der Waals surface area contributed by atoms with Crippen LogP contribution in [0.25, 0.3) is 0 Å². The van der Waals surface area contributed by atoms with E-state index in [2.05, 4.69) is 14.9 Å². The van der Waals surface area contributed by atoms with Crippen LogP contribution in [0.3, 0.4) is 0 Å². The van der Waals surface area contributed by atoms with Crippen LogP contribution in [0.2, 0.25) is 0 Å². The molecule has 7 nitrogen and oxygen atoms in total. The summed E-state index contributed by atoms with van der Waals surface area (Å²) in [5.41, 5.74) is 1.71. The first-order valence-electron chi connectivity index (χ1n) is 8.22. The maximum atomic E-state index is 11.9. The van der Waals surface area contributed by atoms with Gasteiger partial charge in [-0.15, -0.1) is 0 Å². The number of anilines is 1. The Morgan fingerprint density at radius 2 is 2.00 bits per heavy atom. The van der Waals surface area contributed by atoms with Crippen LogP contribution >= 0.6 is 0 Å². The van der Waals surface area contributed by atoms with Crippen molar-refractivity contribution in [3.63, 3.8) is 0 Å². The first-order valence-corrected chi connectivity index (χ1v) is 8.22. The zero-order valence-corrected chi connectivity index (χ0v) is 14.4. The van der Waals surface area contributed by atoms with E-state index in [-0.39, 0.29) is 0 Å². The molecule has 25 heavy (non-hydrogen) atoms. The normalized spacial score (nSPS) is 16.5. The zero-order chi connectivity index (χ0) is 17.8. The highest BCUT2D eigenvalue weighted by molar-refractivity contribution is 5.76. The van der Waals surface area contributed by atoms with E-state index in [4.69, 9.17) is 4.74 Å². The maximum Gasteiger partial charge on any atom is 0.325 e. The van der Waals surface area contributed by atoms with Crippen LogP contribution < -0.4 is 9.64 Å². The van der Waals surface area contributed by atoms with E-state index in [1.165, 1.54) is 0 Å². The van der Waals surface area contributed by atoms with Crippen molar-refractivity contribution in [2.24, 2.45) is 0 Å². The number of aliphatic carboxylic acids is 1. The van der Waals surface area contributed by atoms with Gasteiger partial charge in [-0.25, -0.2) is 4.98 Å². The molecule has 1 saturated heterocycles. The number of hydrogen-bond donors (Lipinski definition) is 1. The number of carboxylic acids is 1. The zero-order valence-electron chi connectivity index (χ0n) is 14.4. The Kier molecular flexibility index (Phi) is 5.14. The number of aromatic nitrogens is 2. The quantitative estimate of drug-likeness (QED) is 0.886. The molecule has 2 aromatic rings. The Bertz CT molecular complexity index is 730. The minimum absolute atomic E-state index is 0.651. The predicted molar refractivity (Wildman–Crippen MR) is 93.9 cm³/mol. The Morgan fingerprint density at radius 1 is 1.24 bits per heavy atom. The highest BCUT2D eigenvalue weighted by Crippen LogP contribution is 2.28. The number of nitrogens with zero attached hydrogens (tertiary/aromatic N) is 4. The summed E-state index contributed by atoms with van der Waals surface area (Å²) in [6.45, 7) is 4.67. The molecule has 1 fully saturated rings. The van der Waals surface area contributed by atoms with E-state index in [0.717, 1.165) is 35.8 Å². The van der Waals surface area contributed by atoms with Gasteiger partial charge in [0.05, 0.1) is 13.3 Å². The van der Waals surface area contributed by atoms with Crippen LogP contribution in [0, 0.1) is 6.92 Å². The number of hydrogen-bond acceptors (Lipinski definition) is 6. The molecule has 7 heteroatoms. The first-order chi connectivity index (χ1) is 12.1. The number of rotatable bonds is 5. The molecule has 1 aliphatic rings. The third kappa shape index (κ3) is 3.71. The molecule has 1 aliphatic heterocycles. The fourth-order valence-corrected chi connectivity index (χ4v) is 3.25. The van der Waals surface area contributed by atoms with Crippen molar-refractivity contribution in [1.29, 1.82) is 0 Å². The monoisotopic (exact) mass is 342 g/mol. The summed E-state index contributed by atoms with van der Waals surface area (Å²) in [4.78, 5) is 24.4. The van der Waals surface area contributed by atoms with Gasteiger partial charge in [0.15, 0.2) is 0 Å². The summed E-state index contributed by atoms with van der Waals surface area (Å²) >= 11 is 0. The van der Waals surface area contributed by atoms with E-state index in [1.807, 2.05) is 30.0 Å². The molecule has 0 radical (unpaired) electrons. The third-order valence-electron chi connectivity index (χ3n) is 4.52. The molecule has 0 saturated carbocycles. The van der Waals surface area contributed by atoms with Gasteiger partial charge in [0.2, 0.25) is 0 Å². The summed E-state index contributed by atoms with van der Waals surface area (Å²) in [6.07, 6.45) is 5.05. The summed E-state index contributed by atoms with van der Waals surface area (Å²) in [6, 6.07) is 4.90. The Balaban J connectivity index is 1.74. The molecular weight excluding hydrogens is 320 g/mol.